The molecule has 1 aromatic heterocycles. The first kappa shape index (κ1) is 12.9. The first-order chi connectivity index (χ1) is 8.66. The highest BCUT2D eigenvalue weighted by molar-refractivity contribution is 7.13. The topological polar surface area (TPSA) is 72.0 Å². The van der Waals surface area contributed by atoms with Crippen LogP contribution in [0.1, 0.15) is 9.88 Å². The number of nitrogens with two attached hydrogens (primary N) is 1. The number of ether oxygens (including phenoxy) is 1. The predicted octanol–water partition coefficient (Wildman–Crippen LogP) is 2.70. The van der Waals surface area contributed by atoms with E-state index in [1.807, 2.05) is 18.2 Å². The molecule has 0 bridgehead atoms. The number of nitrogens with one attached hydrogen (secondary N) is 1. The van der Waals surface area contributed by atoms with E-state index in [1.165, 1.54) is 11.3 Å². The summed E-state index contributed by atoms with van der Waals surface area (Å²) >= 11 is 7.38. The van der Waals surface area contributed by atoms with Crippen LogP contribution in [0.3, 0.4) is 0 Å². The van der Waals surface area contributed by atoms with Crippen molar-refractivity contribution in [2.75, 3.05) is 6.61 Å². The van der Waals surface area contributed by atoms with Gasteiger partial charge in [-0.1, -0.05) is 23.7 Å². The molecule has 6 heteroatoms. The molecule has 0 atom stereocenters. The third-order valence-corrected chi connectivity index (χ3v) is 3.63. The molecule has 0 amide bonds. The number of thiazole rings is 1. The molecule has 1 aromatic carbocycles. The molecule has 0 unspecified atom stereocenters. The fourth-order valence-corrected chi connectivity index (χ4v) is 2.31. The fourth-order valence-electron chi connectivity index (χ4n) is 1.36. The van der Waals surface area contributed by atoms with E-state index in [-0.39, 0.29) is 5.84 Å². The number of nitrogen functional groups attached to an aromatic ring is 1. The van der Waals surface area contributed by atoms with Crippen molar-refractivity contribution in [2.24, 2.45) is 5.73 Å². The third kappa shape index (κ3) is 3.21. The summed E-state index contributed by atoms with van der Waals surface area (Å²) in [5.74, 6) is 0.716. The van der Waals surface area contributed by atoms with Crippen molar-refractivity contribution in [1.29, 1.82) is 5.41 Å². The molecule has 0 aliphatic rings. The Morgan fingerprint density at radius 1 is 1.44 bits per heavy atom. The molecule has 0 radical (unpaired) electrons. The SMILES string of the molecule is N=C(N)c1cnc(CCOc2ccccc2Cl)s1. The molecule has 94 valence electrons. The van der Waals surface area contributed by atoms with Gasteiger partial charge >= 0.3 is 0 Å². The van der Waals surface area contributed by atoms with Crippen molar-refractivity contribution in [3.05, 3.63) is 45.4 Å². The molecule has 0 spiro atoms. The van der Waals surface area contributed by atoms with Gasteiger partial charge < -0.3 is 10.5 Å². The molecular formula is C12H12ClN3OS. The van der Waals surface area contributed by atoms with E-state index >= 15 is 0 Å². The second-order valence-electron chi connectivity index (χ2n) is 3.56. The Bertz CT molecular complexity index is 556. The van der Waals surface area contributed by atoms with Crippen molar-refractivity contribution < 1.29 is 4.74 Å². The van der Waals surface area contributed by atoms with Gasteiger partial charge in [-0.3, -0.25) is 5.41 Å². The van der Waals surface area contributed by atoms with Gasteiger partial charge in [0.15, 0.2) is 0 Å². The van der Waals surface area contributed by atoms with Gasteiger partial charge in [0.25, 0.3) is 0 Å². The number of amidine groups is 1. The molecule has 4 nitrogen and oxygen atoms in total. The smallest absolute Gasteiger partial charge is 0.137 e. The summed E-state index contributed by atoms with van der Waals surface area (Å²) in [7, 11) is 0. The second kappa shape index (κ2) is 5.84. The second-order valence-corrected chi connectivity index (χ2v) is 5.08. The summed E-state index contributed by atoms with van der Waals surface area (Å²) in [5, 5.41) is 8.78. The maximum atomic E-state index is 7.29. The Labute approximate surface area is 114 Å². The van der Waals surface area contributed by atoms with Crippen LogP contribution in [0.25, 0.3) is 0 Å². The normalized spacial score (nSPS) is 10.3. The van der Waals surface area contributed by atoms with Crippen LogP contribution in [0, 0.1) is 5.41 Å². The highest BCUT2D eigenvalue weighted by atomic mass is 35.5. The molecule has 0 aliphatic heterocycles. The molecule has 18 heavy (non-hydrogen) atoms. The van der Waals surface area contributed by atoms with Gasteiger partial charge in [-0.05, 0) is 12.1 Å². The quantitative estimate of drug-likeness (QED) is 0.654. The number of rotatable bonds is 5. The zero-order valence-electron chi connectivity index (χ0n) is 9.52. The minimum absolute atomic E-state index is 0.0470. The van der Waals surface area contributed by atoms with Crippen LogP contribution in [0.2, 0.25) is 5.02 Å². The van der Waals surface area contributed by atoms with Crippen LogP contribution in [0.15, 0.2) is 30.5 Å². The molecule has 3 N–H and O–H groups in total. The molecular weight excluding hydrogens is 270 g/mol. The van der Waals surface area contributed by atoms with Gasteiger partial charge in [0.05, 0.1) is 21.5 Å². The lowest BCUT2D eigenvalue weighted by atomic mass is 10.3. The summed E-state index contributed by atoms with van der Waals surface area (Å²) in [6.45, 7) is 0.495. The van der Waals surface area contributed by atoms with Crippen LogP contribution >= 0.6 is 22.9 Å². The van der Waals surface area contributed by atoms with E-state index in [4.69, 9.17) is 27.5 Å². The van der Waals surface area contributed by atoms with Crippen molar-refractivity contribution in [1.82, 2.24) is 4.98 Å². The van der Waals surface area contributed by atoms with Crippen molar-refractivity contribution in [2.45, 2.75) is 6.42 Å². The van der Waals surface area contributed by atoms with Gasteiger partial charge in [-0.25, -0.2) is 4.98 Å². The van der Waals surface area contributed by atoms with Gasteiger partial charge in [0.1, 0.15) is 11.6 Å². The van der Waals surface area contributed by atoms with Gasteiger partial charge in [-0.2, -0.15) is 0 Å². The molecule has 0 saturated carbocycles. The Kier molecular flexibility index (Phi) is 4.17. The number of hydrogen-bond donors (Lipinski definition) is 2. The lowest BCUT2D eigenvalue weighted by Gasteiger charge is -2.06. The summed E-state index contributed by atoms with van der Waals surface area (Å²) < 4.78 is 5.56. The highest BCUT2D eigenvalue weighted by Gasteiger charge is 2.05. The van der Waals surface area contributed by atoms with Crippen molar-refractivity contribution in [3.8, 4) is 5.75 Å². The van der Waals surface area contributed by atoms with E-state index in [0.717, 1.165) is 5.01 Å². The number of aromatic nitrogens is 1. The number of hydrogen-bond acceptors (Lipinski definition) is 4. The van der Waals surface area contributed by atoms with E-state index in [2.05, 4.69) is 4.98 Å². The molecule has 2 rings (SSSR count). The molecule has 0 aliphatic carbocycles. The predicted molar refractivity (Wildman–Crippen MR) is 73.8 cm³/mol. The average Bonchev–Trinajstić information content (AvgIpc) is 2.80. The minimum Gasteiger partial charge on any atom is -0.492 e. The lowest BCUT2D eigenvalue weighted by Crippen LogP contribution is -2.08. The monoisotopic (exact) mass is 281 g/mol. The Balaban J connectivity index is 1.88. The van der Waals surface area contributed by atoms with Crippen LogP contribution in [0.4, 0.5) is 0 Å². The number of nitrogens with zero attached hydrogens (tertiary/aromatic N) is 1. The summed E-state index contributed by atoms with van der Waals surface area (Å²) in [6.07, 6.45) is 2.28. The minimum atomic E-state index is 0.0470. The maximum absolute atomic E-state index is 7.29. The number of para-hydroxylation sites is 1. The summed E-state index contributed by atoms with van der Waals surface area (Å²) in [6, 6.07) is 7.34. The zero-order valence-corrected chi connectivity index (χ0v) is 11.1. The van der Waals surface area contributed by atoms with Crippen molar-refractivity contribution in [3.63, 3.8) is 0 Å². The Hall–Kier alpha value is -1.59. The van der Waals surface area contributed by atoms with E-state index in [1.54, 1.807) is 12.3 Å². The van der Waals surface area contributed by atoms with Gasteiger partial charge in [0, 0.05) is 12.6 Å². The van der Waals surface area contributed by atoms with Crippen molar-refractivity contribution >= 4 is 28.8 Å². The van der Waals surface area contributed by atoms with E-state index in [9.17, 15) is 0 Å². The molecule has 0 fully saturated rings. The third-order valence-electron chi connectivity index (χ3n) is 2.23. The van der Waals surface area contributed by atoms with Crippen LogP contribution < -0.4 is 10.5 Å². The Morgan fingerprint density at radius 3 is 2.89 bits per heavy atom. The molecule has 1 heterocycles. The standard InChI is InChI=1S/C12H12ClN3OS/c13-8-3-1-2-4-9(8)17-6-5-11-16-7-10(18-11)12(14)15/h1-4,7H,5-6H2,(H3,14,15). The van der Waals surface area contributed by atoms with Crippen LogP contribution in [-0.2, 0) is 6.42 Å². The van der Waals surface area contributed by atoms with E-state index < -0.39 is 0 Å². The molecule has 2 aromatic rings. The maximum Gasteiger partial charge on any atom is 0.137 e. The summed E-state index contributed by atoms with van der Waals surface area (Å²) in [4.78, 5) is 4.86. The van der Waals surface area contributed by atoms with Crippen LogP contribution in [0.5, 0.6) is 5.75 Å². The zero-order chi connectivity index (χ0) is 13.0. The number of benzene rings is 1. The van der Waals surface area contributed by atoms with Crippen LogP contribution in [-0.4, -0.2) is 17.4 Å². The highest BCUT2D eigenvalue weighted by Crippen LogP contribution is 2.23. The Morgan fingerprint density at radius 2 is 2.22 bits per heavy atom. The fraction of sp³-hybridized carbons (Fsp3) is 0.167. The molecule has 0 saturated heterocycles. The largest absolute Gasteiger partial charge is 0.492 e. The van der Waals surface area contributed by atoms with Gasteiger partial charge in [-0.15, -0.1) is 11.3 Å². The van der Waals surface area contributed by atoms with E-state index in [0.29, 0.717) is 28.7 Å². The average molecular weight is 282 g/mol. The number of halogens is 1. The lowest BCUT2D eigenvalue weighted by molar-refractivity contribution is 0.322. The van der Waals surface area contributed by atoms with Gasteiger partial charge in [0.2, 0.25) is 0 Å². The summed E-state index contributed by atoms with van der Waals surface area (Å²) in [5.41, 5.74) is 5.37. The first-order valence-electron chi connectivity index (χ1n) is 5.33. The first-order valence-corrected chi connectivity index (χ1v) is 6.52.